The molecule has 0 rings (SSSR count). The van der Waals surface area contributed by atoms with Gasteiger partial charge in [0.15, 0.2) is 6.10 Å². The molecule has 0 saturated heterocycles. The number of phosphoric ester groups is 2. The fraction of sp³-hybridized carbons (Fsp3) is 0.711. The van der Waals surface area contributed by atoms with Gasteiger partial charge in [-0.05, 0) is 167 Å². The molecule has 0 heterocycles. The maximum Gasteiger partial charge on any atom is 0.472 e. The van der Waals surface area contributed by atoms with E-state index in [9.17, 15) is 43.5 Å². The molecule has 139 heavy (non-hydrogen) atoms. The van der Waals surface area contributed by atoms with Gasteiger partial charge in [0.05, 0.1) is 26.4 Å². The van der Waals surface area contributed by atoms with Gasteiger partial charge in [-0.25, -0.2) is 9.13 Å². The number of aliphatic hydroxyl groups excluding tert-OH is 2. The predicted octanol–water partition coefficient (Wildman–Crippen LogP) is 36.8. The maximum absolute atomic E-state index is 13.2. The number of hydrogen-bond acceptors (Lipinski definition) is 14. The number of ether oxygens (including phenoxy) is 3. The number of hydrogen-bond donors (Lipinski definition) is 4. The van der Waals surface area contributed by atoms with Crippen molar-refractivity contribution in [1.29, 1.82) is 0 Å². The van der Waals surface area contributed by atoms with Crippen LogP contribution in [0.1, 0.15) is 496 Å². The summed E-state index contributed by atoms with van der Waals surface area (Å²) in [5, 5.41) is 20.9. The van der Waals surface area contributed by atoms with Crippen molar-refractivity contribution in [3.8, 4) is 0 Å². The van der Waals surface area contributed by atoms with Gasteiger partial charge in [0, 0.05) is 19.3 Å². The topological polar surface area (TPSA) is 231 Å². The third kappa shape index (κ3) is 113. The van der Waals surface area contributed by atoms with Crippen LogP contribution in [-0.2, 0) is 55.8 Å². The van der Waals surface area contributed by atoms with Crippen molar-refractivity contribution in [2.45, 2.75) is 514 Å². The van der Waals surface area contributed by atoms with Crippen LogP contribution < -0.4 is 0 Å². The van der Waals surface area contributed by atoms with Crippen molar-refractivity contribution in [3.63, 3.8) is 0 Å². The number of esters is 3. The van der Waals surface area contributed by atoms with Crippen LogP contribution >= 0.6 is 15.6 Å². The monoisotopic (exact) mass is 1980 g/mol. The van der Waals surface area contributed by atoms with Crippen LogP contribution in [0.15, 0.2) is 194 Å². The normalized spacial score (nSPS) is 14.3. The minimum absolute atomic E-state index is 0.101. The van der Waals surface area contributed by atoms with Crippen molar-refractivity contribution < 1.29 is 75.8 Å². The highest BCUT2D eigenvalue weighted by molar-refractivity contribution is 7.47. The van der Waals surface area contributed by atoms with Gasteiger partial charge in [-0.15, -0.1) is 0 Å². The summed E-state index contributed by atoms with van der Waals surface area (Å²) in [6, 6.07) is 0. The average molecular weight is 1980 g/mol. The number of carbonyl (C=O) groups is 3. The Kier molecular flexibility index (Phi) is 107. The Hall–Kier alpha value is -5.61. The lowest BCUT2D eigenvalue weighted by Gasteiger charge is -2.21. The molecule has 16 nitrogen and oxygen atoms in total. The largest absolute Gasteiger partial charge is 0.472 e. The summed E-state index contributed by atoms with van der Waals surface area (Å²) in [7, 11) is -9.83. The second kappa shape index (κ2) is 111. The van der Waals surface area contributed by atoms with E-state index in [0.29, 0.717) is 19.3 Å². The quantitative estimate of drug-likeness (QED) is 0.0146. The van der Waals surface area contributed by atoms with Gasteiger partial charge >= 0.3 is 33.6 Å². The van der Waals surface area contributed by atoms with Gasteiger partial charge in [-0.1, -0.05) is 504 Å². The molecule has 0 aromatic heterocycles. The van der Waals surface area contributed by atoms with E-state index in [2.05, 4.69) is 215 Å². The maximum atomic E-state index is 13.2. The fourth-order valence-corrected chi connectivity index (χ4v) is 17.4. The predicted molar refractivity (Wildman–Crippen MR) is 592 cm³/mol. The lowest BCUT2D eigenvalue weighted by Crippen LogP contribution is -2.30. The molecular formula is C121H208O16P2. The Morgan fingerprint density at radius 2 is 0.381 bits per heavy atom. The zero-order valence-electron chi connectivity index (χ0n) is 88.9. The van der Waals surface area contributed by atoms with Gasteiger partial charge in [-0.3, -0.25) is 32.5 Å². The number of phosphoric acid groups is 2. The Balaban J connectivity index is 4.61. The fourth-order valence-electron chi connectivity index (χ4n) is 15.8. The zero-order chi connectivity index (χ0) is 101. The van der Waals surface area contributed by atoms with Crippen molar-refractivity contribution in [1.82, 2.24) is 0 Å². The molecule has 18 heteroatoms. The molecule has 5 unspecified atom stereocenters. The molecule has 0 bridgehead atoms. The van der Waals surface area contributed by atoms with Crippen LogP contribution in [0.5, 0.6) is 0 Å². The van der Waals surface area contributed by atoms with Crippen LogP contribution in [0.25, 0.3) is 0 Å². The molecule has 0 aliphatic carbocycles. The molecular weight excluding hydrogens is 1770 g/mol. The number of carbonyl (C=O) groups excluding carboxylic acids is 3. The summed E-state index contributed by atoms with van der Waals surface area (Å²) >= 11 is 0. The molecule has 0 radical (unpaired) electrons. The Morgan fingerprint density at radius 3 is 0.604 bits per heavy atom. The molecule has 5 atom stereocenters. The highest BCUT2D eigenvalue weighted by atomic mass is 31.2. The van der Waals surface area contributed by atoms with Gasteiger partial charge in [0.2, 0.25) is 0 Å². The molecule has 0 aromatic rings. The van der Waals surface area contributed by atoms with Crippen LogP contribution in [0.2, 0.25) is 0 Å². The van der Waals surface area contributed by atoms with E-state index in [-0.39, 0.29) is 19.3 Å². The number of unbranched alkanes of at least 4 members (excludes halogenated alkanes) is 52. The van der Waals surface area contributed by atoms with Crippen molar-refractivity contribution in [2.24, 2.45) is 0 Å². The second-order valence-electron chi connectivity index (χ2n) is 37.8. The standard InChI is InChI=1S/C121H208O16P2/c1-4-7-10-13-16-19-22-25-28-31-34-37-40-43-46-49-52-55-57-60-62-65-68-71-74-77-80-83-86-89-92-95-98-101-104-107-119(124)131-110-116(122)111-133-138(127,128)134-112-117(123)113-135-139(129,130)136-115-118(137-121(126)109-106-103-100-97-94-91-88-85-82-79-76-73-70-67-64-59-54-51-48-45-42-39-36-33-30-27-24-21-18-15-12-9-6-3)114-132-120(125)108-105-102-99-96-93-90-87-84-81-78-75-72-69-66-63-61-58-56-53-50-47-44-41-38-35-32-29-26-23-20-17-14-11-8-5-2/h7,9-10,12,16-21,25-30,34-39,43-48,52,54-55,59,116-118,122-123H,4-6,8,11,13-15,22-24,31-33,40-42,49-51,53,56-58,60-115H2,1-3H3,(H,127,128)(H,129,130)/b10-7-,12-9-,19-16-,20-17-,21-18-,28-25-,29-26-,30-27-,37-34-,38-35-,39-36-,46-43-,47-44-,48-45-,55-52-,59-54-. The van der Waals surface area contributed by atoms with Crippen molar-refractivity contribution in [3.05, 3.63) is 194 Å². The first-order chi connectivity index (χ1) is 68.2. The average Bonchev–Trinajstić information content (AvgIpc) is 0.891. The van der Waals surface area contributed by atoms with Crippen molar-refractivity contribution >= 4 is 33.6 Å². The highest BCUT2D eigenvalue weighted by Gasteiger charge is 2.30. The molecule has 4 N–H and O–H groups in total. The Labute approximate surface area is 852 Å². The zero-order valence-corrected chi connectivity index (χ0v) is 90.6. The lowest BCUT2D eigenvalue weighted by atomic mass is 10.0. The number of allylic oxidation sites excluding steroid dienone is 32. The minimum Gasteiger partial charge on any atom is -0.463 e. The van der Waals surface area contributed by atoms with Gasteiger partial charge < -0.3 is 34.2 Å². The molecule has 0 spiro atoms. The number of rotatable bonds is 107. The van der Waals surface area contributed by atoms with Crippen LogP contribution in [-0.4, -0.2) is 95.9 Å². The van der Waals surface area contributed by atoms with E-state index in [4.69, 9.17) is 32.3 Å². The third-order valence-corrected chi connectivity index (χ3v) is 26.2. The van der Waals surface area contributed by atoms with E-state index in [1.807, 2.05) is 0 Å². The summed E-state index contributed by atoms with van der Waals surface area (Å²) in [6.07, 6.45) is 151. The summed E-state index contributed by atoms with van der Waals surface area (Å²) in [5.74, 6) is -1.55. The molecule has 0 aliphatic heterocycles. The van der Waals surface area contributed by atoms with E-state index >= 15 is 0 Å². The van der Waals surface area contributed by atoms with Crippen LogP contribution in [0.3, 0.4) is 0 Å². The molecule has 0 saturated carbocycles. The lowest BCUT2D eigenvalue weighted by molar-refractivity contribution is -0.161. The van der Waals surface area contributed by atoms with Gasteiger partial charge in [0.25, 0.3) is 0 Å². The molecule has 0 aromatic carbocycles. The number of aliphatic hydroxyl groups is 2. The Bertz CT molecular complexity index is 3310. The molecule has 0 aliphatic rings. The smallest absolute Gasteiger partial charge is 0.463 e. The highest BCUT2D eigenvalue weighted by Crippen LogP contribution is 2.45. The SMILES string of the molecule is CC/C=C\C/C=C\C/C=C\C/C=C\C/C=C\C/C=C\CCCCCCCCCCCCCCCCCCC(=O)OCC(O)COP(=O)(O)OCC(O)COP(=O)(O)OCC(COC(=O)CCCCCCCCCCCCCCCCCCCCC/C=C\C/C=C\C/C=C\C/C=C\CCCCC)OC(=O)CCCCCCCCCCCCCCCC/C=C\C/C=C\C/C=C\C/C=C\C/C=C\C/C=C\CC. The minimum atomic E-state index is -4.95. The van der Waals surface area contributed by atoms with E-state index in [1.54, 1.807) is 0 Å². The first kappa shape index (κ1) is 133. The molecule has 798 valence electrons. The van der Waals surface area contributed by atoms with Crippen LogP contribution in [0.4, 0.5) is 0 Å². The van der Waals surface area contributed by atoms with Crippen molar-refractivity contribution in [2.75, 3.05) is 39.6 Å². The van der Waals surface area contributed by atoms with Gasteiger partial charge in [0.1, 0.15) is 25.4 Å². The third-order valence-electron chi connectivity index (χ3n) is 24.3. The van der Waals surface area contributed by atoms with E-state index < -0.39 is 91.5 Å². The molecule has 0 fully saturated rings. The summed E-state index contributed by atoms with van der Waals surface area (Å²) in [6.45, 7) is 2.52. The van der Waals surface area contributed by atoms with Crippen LogP contribution in [0, 0.1) is 0 Å². The molecule has 0 amide bonds. The Morgan fingerprint density at radius 1 is 0.209 bits per heavy atom. The van der Waals surface area contributed by atoms with E-state index in [0.717, 1.165) is 167 Å². The summed E-state index contributed by atoms with van der Waals surface area (Å²) in [4.78, 5) is 59.4. The second-order valence-corrected chi connectivity index (χ2v) is 40.7. The first-order valence-electron chi connectivity index (χ1n) is 56.7. The van der Waals surface area contributed by atoms with E-state index in [1.165, 1.54) is 270 Å². The summed E-state index contributed by atoms with van der Waals surface area (Å²) in [5.41, 5.74) is 0. The first-order valence-corrected chi connectivity index (χ1v) is 59.7. The van der Waals surface area contributed by atoms with Gasteiger partial charge in [-0.2, -0.15) is 0 Å². The summed E-state index contributed by atoms with van der Waals surface area (Å²) < 4.78 is 61.9.